The molecule has 9 nitrogen and oxygen atoms in total. The highest BCUT2D eigenvalue weighted by Crippen LogP contribution is 2.35. The van der Waals surface area contributed by atoms with Crippen molar-refractivity contribution in [3.8, 4) is 5.69 Å². The van der Waals surface area contributed by atoms with Gasteiger partial charge in [0, 0.05) is 28.7 Å². The number of hydrogen-bond acceptors (Lipinski definition) is 6. The van der Waals surface area contributed by atoms with Gasteiger partial charge in [-0.1, -0.05) is 18.2 Å². The lowest BCUT2D eigenvalue weighted by atomic mass is 10.1. The van der Waals surface area contributed by atoms with Gasteiger partial charge in [0.15, 0.2) is 0 Å². The maximum Gasteiger partial charge on any atom is 0.335 e. The van der Waals surface area contributed by atoms with Gasteiger partial charge >= 0.3 is 5.97 Å². The van der Waals surface area contributed by atoms with E-state index in [1.807, 2.05) is 24.5 Å². The zero-order valence-corrected chi connectivity index (χ0v) is 19.0. The van der Waals surface area contributed by atoms with Crippen molar-refractivity contribution >= 4 is 40.6 Å². The van der Waals surface area contributed by atoms with E-state index in [2.05, 4.69) is 0 Å². The van der Waals surface area contributed by atoms with E-state index in [1.54, 1.807) is 24.3 Å². The molecule has 0 atom stereocenters. The number of aryl methyl sites for hydroxylation is 1. The van der Waals surface area contributed by atoms with Gasteiger partial charge in [-0.2, -0.15) is 0 Å². The number of aromatic nitrogens is 1. The van der Waals surface area contributed by atoms with Crippen LogP contribution in [0.5, 0.6) is 0 Å². The second kappa shape index (κ2) is 8.99. The molecule has 2 amide bonds. The van der Waals surface area contributed by atoms with Crippen LogP contribution < -0.4 is 0 Å². The summed E-state index contributed by atoms with van der Waals surface area (Å²) >= 11 is 0.789. The molecule has 2 heterocycles. The molecule has 1 aliphatic heterocycles. The van der Waals surface area contributed by atoms with Gasteiger partial charge in [0.05, 0.1) is 21.9 Å². The van der Waals surface area contributed by atoms with E-state index in [0.717, 1.165) is 39.3 Å². The fourth-order valence-corrected chi connectivity index (χ4v) is 4.68. The van der Waals surface area contributed by atoms with Crippen molar-refractivity contribution in [2.45, 2.75) is 20.4 Å². The SMILES string of the molecule is Cc1cc(/C=C2/SC(=O)N(Cc3ccccc3[N+](=O)[O-])C2=O)c(C)n1-c1ccc(C(=O)O)cc1. The smallest absolute Gasteiger partial charge is 0.335 e. The van der Waals surface area contributed by atoms with E-state index in [-0.39, 0.29) is 28.3 Å². The molecule has 2 aromatic carbocycles. The van der Waals surface area contributed by atoms with E-state index >= 15 is 0 Å². The lowest BCUT2D eigenvalue weighted by Crippen LogP contribution is -2.27. The number of nitrogens with zero attached hydrogens (tertiary/aromatic N) is 3. The Labute approximate surface area is 198 Å². The molecule has 1 N–H and O–H groups in total. The molecule has 34 heavy (non-hydrogen) atoms. The van der Waals surface area contributed by atoms with Crippen LogP contribution in [0.2, 0.25) is 0 Å². The summed E-state index contributed by atoms with van der Waals surface area (Å²) in [5.74, 6) is -1.52. The fraction of sp³-hybridized carbons (Fsp3) is 0.125. The lowest BCUT2D eigenvalue weighted by Gasteiger charge is -2.12. The molecule has 0 spiro atoms. The molecule has 4 rings (SSSR count). The summed E-state index contributed by atoms with van der Waals surface area (Å²) in [4.78, 5) is 48.6. The van der Waals surface area contributed by atoms with Crippen molar-refractivity contribution in [1.82, 2.24) is 9.47 Å². The van der Waals surface area contributed by atoms with Gasteiger partial charge in [0.1, 0.15) is 0 Å². The summed E-state index contributed by atoms with van der Waals surface area (Å²) in [6.45, 7) is 3.56. The minimum absolute atomic E-state index is 0.150. The van der Waals surface area contributed by atoms with Crippen molar-refractivity contribution in [2.75, 3.05) is 0 Å². The van der Waals surface area contributed by atoms with Crippen LogP contribution in [0.4, 0.5) is 10.5 Å². The average Bonchev–Trinajstić information content (AvgIpc) is 3.23. The first-order chi connectivity index (χ1) is 16.2. The average molecular weight is 477 g/mol. The van der Waals surface area contributed by atoms with Crippen molar-refractivity contribution < 1.29 is 24.4 Å². The molecule has 1 aromatic heterocycles. The third-order valence-electron chi connectivity index (χ3n) is 5.52. The summed E-state index contributed by atoms with van der Waals surface area (Å²) in [5, 5.41) is 19.9. The van der Waals surface area contributed by atoms with E-state index in [9.17, 15) is 24.5 Å². The maximum absolute atomic E-state index is 13.0. The van der Waals surface area contributed by atoms with Crippen molar-refractivity contribution in [3.63, 3.8) is 0 Å². The number of carbonyl (C=O) groups excluding carboxylic acids is 2. The quantitative estimate of drug-likeness (QED) is 0.303. The van der Waals surface area contributed by atoms with Crippen molar-refractivity contribution in [3.05, 3.63) is 97.7 Å². The number of carbonyl (C=O) groups is 3. The van der Waals surface area contributed by atoms with Crippen LogP contribution in [0.15, 0.2) is 59.5 Å². The highest BCUT2D eigenvalue weighted by molar-refractivity contribution is 8.18. The molecular formula is C24H19N3O6S. The number of benzene rings is 2. The Kier molecular flexibility index (Phi) is 6.08. The van der Waals surface area contributed by atoms with E-state index in [1.165, 1.54) is 30.3 Å². The molecule has 3 aromatic rings. The Hall–Kier alpha value is -4.18. The van der Waals surface area contributed by atoms with Crippen LogP contribution in [-0.2, 0) is 11.3 Å². The second-order valence-corrected chi connectivity index (χ2v) is 8.66. The monoisotopic (exact) mass is 477 g/mol. The number of aromatic carboxylic acids is 1. The van der Waals surface area contributed by atoms with Crippen LogP contribution in [0.3, 0.4) is 0 Å². The number of nitro benzene ring substituents is 1. The first kappa shape index (κ1) is 23.0. The molecule has 0 aliphatic carbocycles. The van der Waals surface area contributed by atoms with E-state index in [0.29, 0.717) is 0 Å². The normalized spacial score (nSPS) is 14.8. The molecule has 1 fully saturated rings. The van der Waals surface area contributed by atoms with Gasteiger partial charge < -0.3 is 9.67 Å². The van der Waals surface area contributed by atoms with Crippen LogP contribution in [0, 0.1) is 24.0 Å². The molecule has 0 bridgehead atoms. The molecule has 1 saturated heterocycles. The van der Waals surface area contributed by atoms with Crippen LogP contribution >= 0.6 is 11.8 Å². The number of carboxylic acids is 1. The molecule has 10 heteroatoms. The predicted octanol–water partition coefficient (Wildman–Crippen LogP) is 4.94. The first-order valence-corrected chi connectivity index (χ1v) is 11.0. The number of thioether (sulfide) groups is 1. The predicted molar refractivity (Wildman–Crippen MR) is 127 cm³/mol. The van der Waals surface area contributed by atoms with Gasteiger partial charge in [0.25, 0.3) is 16.8 Å². The number of imide groups is 1. The van der Waals surface area contributed by atoms with Crippen LogP contribution in [-0.4, -0.2) is 36.6 Å². The fourth-order valence-electron chi connectivity index (χ4n) is 3.85. The molecule has 172 valence electrons. The van der Waals surface area contributed by atoms with Crippen molar-refractivity contribution in [2.24, 2.45) is 0 Å². The summed E-state index contributed by atoms with van der Waals surface area (Å²) in [6.07, 6.45) is 1.63. The molecule has 1 aliphatic rings. The number of nitro groups is 1. The Morgan fingerprint density at radius 2 is 1.79 bits per heavy atom. The van der Waals surface area contributed by atoms with Gasteiger partial charge in [-0.25, -0.2) is 4.79 Å². The summed E-state index contributed by atoms with van der Waals surface area (Å²) in [5.41, 5.74) is 3.48. The standard InChI is InChI=1S/C24H19N3O6S/c1-14-11-18(15(2)26(14)19-9-7-16(8-10-19)23(29)30)12-21-22(28)25(24(31)34-21)13-17-5-3-4-6-20(17)27(32)33/h3-12H,13H2,1-2H3,(H,29,30)/b21-12+. The Bertz CT molecular complexity index is 1370. The van der Waals surface area contributed by atoms with E-state index < -0.39 is 22.0 Å². The minimum Gasteiger partial charge on any atom is -0.478 e. The van der Waals surface area contributed by atoms with Gasteiger partial charge in [-0.05, 0) is 67.6 Å². The van der Waals surface area contributed by atoms with Crippen LogP contribution in [0.1, 0.15) is 32.9 Å². The highest BCUT2D eigenvalue weighted by atomic mass is 32.2. The van der Waals surface area contributed by atoms with Gasteiger partial charge in [-0.3, -0.25) is 24.6 Å². The third-order valence-corrected chi connectivity index (χ3v) is 6.43. The Balaban J connectivity index is 1.62. The highest BCUT2D eigenvalue weighted by Gasteiger charge is 2.36. The number of hydrogen-bond donors (Lipinski definition) is 1. The number of rotatable bonds is 6. The van der Waals surface area contributed by atoms with Gasteiger partial charge in [0.2, 0.25) is 0 Å². The Morgan fingerprint density at radius 1 is 1.12 bits per heavy atom. The first-order valence-electron chi connectivity index (χ1n) is 10.2. The summed E-state index contributed by atoms with van der Waals surface area (Å²) in [6, 6.07) is 14.3. The zero-order valence-electron chi connectivity index (χ0n) is 18.2. The molecule has 0 unspecified atom stereocenters. The Morgan fingerprint density at radius 3 is 2.44 bits per heavy atom. The maximum atomic E-state index is 13.0. The minimum atomic E-state index is -1.01. The molecular weight excluding hydrogens is 458 g/mol. The van der Waals surface area contributed by atoms with Gasteiger partial charge in [-0.15, -0.1) is 0 Å². The largest absolute Gasteiger partial charge is 0.478 e. The second-order valence-electron chi connectivity index (χ2n) is 7.67. The van der Waals surface area contributed by atoms with E-state index in [4.69, 9.17) is 5.11 Å². The molecule has 0 radical (unpaired) electrons. The summed E-state index contributed by atoms with van der Waals surface area (Å²) < 4.78 is 1.93. The topological polar surface area (TPSA) is 123 Å². The number of carboxylic acid groups (broad SMARTS) is 1. The van der Waals surface area contributed by atoms with Crippen LogP contribution in [0.25, 0.3) is 11.8 Å². The lowest BCUT2D eigenvalue weighted by molar-refractivity contribution is -0.385. The summed E-state index contributed by atoms with van der Waals surface area (Å²) in [7, 11) is 0. The number of para-hydroxylation sites is 1. The van der Waals surface area contributed by atoms with Crippen molar-refractivity contribution in [1.29, 1.82) is 0 Å². The molecule has 0 saturated carbocycles. The zero-order chi connectivity index (χ0) is 24.6. The number of amides is 2. The third kappa shape index (κ3) is 4.23.